The molecule has 2 rings (SSSR count). The lowest BCUT2D eigenvalue weighted by atomic mass is 10.3. The number of methoxy groups -OCH3 is 1. The molecule has 1 fully saturated rings. The predicted molar refractivity (Wildman–Crippen MR) is 57.4 cm³/mol. The second-order valence-electron chi connectivity index (χ2n) is 3.23. The Bertz CT molecular complexity index is 312. The lowest BCUT2D eigenvalue weighted by Crippen LogP contribution is -2.01. The summed E-state index contributed by atoms with van der Waals surface area (Å²) in [5, 5.41) is 0. The van der Waals surface area contributed by atoms with Crippen LogP contribution >= 0.6 is 22.6 Å². The van der Waals surface area contributed by atoms with Crippen LogP contribution in [0.15, 0.2) is 6.20 Å². The lowest BCUT2D eigenvalue weighted by Gasteiger charge is -2.03. The van der Waals surface area contributed by atoms with E-state index in [1.807, 2.05) is 6.20 Å². The van der Waals surface area contributed by atoms with Gasteiger partial charge in [-0.2, -0.15) is 0 Å². The first-order chi connectivity index (χ1) is 6.31. The quantitative estimate of drug-likeness (QED) is 0.800. The van der Waals surface area contributed by atoms with E-state index in [9.17, 15) is 0 Å². The summed E-state index contributed by atoms with van der Waals surface area (Å²) in [6.07, 6.45) is 4.37. The summed E-state index contributed by atoms with van der Waals surface area (Å²) in [6.45, 7) is 0.584. The maximum Gasteiger partial charge on any atom is 0.131 e. The molecule has 1 aliphatic carbocycles. The standard InChI is InChI=1S/C9H11IN2O/c1-13-5-8-7(10)4-11-9(12-8)6-2-3-6/h4,6H,2-3,5H2,1H3. The first-order valence-corrected chi connectivity index (χ1v) is 5.39. The highest BCUT2D eigenvalue weighted by Gasteiger charge is 2.26. The van der Waals surface area contributed by atoms with Crippen molar-refractivity contribution >= 4 is 22.6 Å². The third-order valence-electron chi connectivity index (χ3n) is 2.06. The average molecular weight is 290 g/mol. The summed E-state index contributed by atoms with van der Waals surface area (Å²) < 4.78 is 6.16. The molecule has 4 heteroatoms. The predicted octanol–water partition coefficient (Wildman–Crippen LogP) is 2.10. The zero-order chi connectivity index (χ0) is 9.26. The highest BCUT2D eigenvalue weighted by molar-refractivity contribution is 14.1. The molecule has 13 heavy (non-hydrogen) atoms. The fraction of sp³-hybridized carbons (Fsp3) is 0.556. The van der Waals surface area contributed by atoms with Crippen molar-refractivity contribution in [2.45, 2.75) is 25.4 Å². The van der Waals surface area contributed by atoms with Crippen LogP contribution in [0.1, 0.15) is 30.3 Å². The Morgan fingerprint density at radius 2 is 2.38 bits per heavy atom. The Morgan fingerprint density at radius 1 is 1.62 bits per heavy atom. The summed E-state index contributed by atoms with van der Waals surface area (Å²) in [4.78, 5) is 8.79. The molecule has 0 spiro atoms. The minimum absolute atomic E-state index is 0.584. The van der Waals surface area contributed by atoms with Crippen LogP contribution in [0.3, 0.4) is 0 Å². The molecule has 0 radical (unpaired) electrons. The van der Waals surface area contributed by atoms with Gasteiger partial charge in [-0.25, -0.2) is 9.97 Å². The molecule has 0 aliphatic heterocycles. The number of halogens is 1. The Labute approximate surface area is 91.1 Å². The van der Waals surface area contributed by atoms with Gasteiger partial charge < -0.3 is 4.74 Å². The minimum atomic E-state index is 0.584. The van der Waals surface area contributed by atoms with Gasteiger partial charge in [0.15, 0.2) is 0 Å². The minimum Gasteiger partial charge on any atom is -0.378 e. The van der Waals surface area contributed by atoms with Crippen molar-refractivity contribution in [1.29, 1.82) is 0 Å². The van der Waals surface area contributed by atoms with Crippen LogP contribution in [0.5, 0.6) is 0 Å². The van der Waals surface area contributed by atoms with Gasteiger partial charge in [0.2, 0.25) is 0 Å². The molecule has 1 saturated carbocycles. The second-order valence-corrected chi connectivity index (χ2v) is 4.39. The Hall–Kier alpha value is -0.230. The molecule has 0 atom stereocenters. The van der Waals surface area contributed by atoms with E-state index in [0.29, 0.717) is 12.5 Å². The second kappa shape index (κ2) is 3.88. The summed E-state index contributed by atoms with van der Waals surface area (Å²) in [6, 6.07) is 0. The topological polar surface area (TPSA) is 35.0 Å². The lowest BCUT2D eigenvalue weighted by molar-refractivity contribution is 0.180. The van der Waals surface area contributed by atoms with Crippen LogP contribution < -0.4 is 0 Å². The zero-order valence-corrected chi connectivity index (χ0v) is 9.61. The van der Waals surface area contributed by atoms with Crippen molar-refractivity contribution in [2.75, 3.05) is 7.11 Å². The van der Waals surface area contributed by atoms with E-state index in [-0.39, 0.29) is 0 Å². The molecule has 0 unspecified atom stereocenters. The summed E-state index contributed by atoms with van der Waals surface area (Å²) in [7, 11) is 1.69. The summed E-state index contributed by atoms with van der Waals surface area (Å²) in [5.41, 5.74) is 1.01. The highest BCUT2D eigenvalue weighted by atomic mass is 127. The molecule has 1 aliphatic rings. The van der Waals surface area contributed by atoms with E-state index >= 15 is 0 Å². The SMILES string of the molecule is COCc1nc(C2CC2)ncc1I. The van der Waals surface area contributed by atoms with Gasteiger partial charge in [0.05, 0.1) is 15.9 Å². The van der Waals surface area contributed by atoms with Crippen LogP contribution in [0.2, 0.25) is 0 Å². The molecule has 0 bridgehead atoms. The molecule has 0 amide bonds. The Balaban J connectivity index is 2.25. The van der Waals surface area contributed by atoms with E-state index in [0.717, 1.165) is 15.1 Å². The number of rotatable bonds is 3. The molecule has 1 aromatic heterocycles. The van der Waals surface area contributed by atoms with Crippen LogP contribution in [0.4, 0.5) is 0 Å². The number of nitrogens with zero attached hydrogens (tertiary/aromatic N) is 2. The van der Waals surface area contributed by atoms with Gasteiger partial charge in [-0.1, -0.05) is 0 Å². The van der Waals surface area contributed by atoms with Crippen molar-refractivity contribution in [3.63, 3.8) is 0 Å². The van der Waals surface area contributed by atoms with Crippen LogP contribution in [-0.2, 0) is 11.3 Å². The third-order valence-corrected chi connectivity index (χ3v) is 2.96. The molecule has 70 valence electrons. The van der Waals surface area contributed by atoms with Crippen molar-refractivity contribution in [1.82, 2.24) is 9.97 Å². The van der Waals surface area contributed by atoms with E-state index < -0.39 is 0 Å². The van der Waals surface area contributed by atoms with Gasteiger partial charge in [0.1, 0.15) is 5.82 Å². The maximum absolute atomic E-state index is 5.07. The molecule has 1 heterocycles. The Morgan fingerprint density at radius 3 is 3.00 bits per heavy atom. The van der Waals surface area contributed by atoms with Gasteiger partial charge in [0.25, 0.3) is 0 Å². The number of hydrogen-bond donors (Lipinski definition) is 0. The van der Waals surface area contributed by atoms with Crippen LogP contribution in [-0.4, -0.2) is 17.1 Å². The fourth-order valence-corrected chi connectivity index (χ4v) is 1.61. The number of hydrogen-bond acceptors (Lipinski definition) is 3. The molecule has 3 nitrogen and oxygen atoms in total. The van der Waals surface area contributed by atoms with Crippen LogP contribution in [0.25, 0.3) is 0 Å². The third kappa shape index (κ3) is 2.17. The average Bonchev–Trinajstić information content (AvgIpc) is 2.92. The normalized spacial score (nSPS) is 16.2. The van der Waals surface area contributed by atoms with Gasteiger partial charge in [-0.05, 0) is 35.4 Å². The highest BCUT2D eigenvalue weighted by Crippen LogP contribution is 2.38. The molecule has 0 saturated heterocycles. The molecular weight excluding hydrogens is 279 g/mol. The number of aromatic nitrogens is 2. The first kappa shape index (κ1) is 9.33. The first-order valence-electron chi connectivity index (χ1n) is 4.31. The fourth-order valence-electron chi connectivity index (χ4n) is 1.19. The number of ether oxygens (including phenoxy) is 1. The van der Waals surface area contributed by atoms with E-state index in [4.69, 9.17) is 4.74 Å². The zero-order valence-electron chi connectivity index (χ0n) is 7.46. The maximum atomic E-state index is 5.07. The molecule has 0 aromatic carbocycles. The van der Waals surface area contributed by atoms with Gasteiger partial charge in [-0.15, -0.1) is 0 Å². The monoisotopic (exact) mass is 290 g/mol. The Kier molecular flexibility index (Phi) is 2.78. The van der Waals surface area contributed by atoms with E-state index in [2.05, 4.69) is 32.6 Å². The van der Waals surface area contributed by atoms with Gasteiger partial charge in [0, 0.05) is 19.2 Å². The molecule has 1 aromatic rings. The van der Waals surface area contributed by atoms with Crippen LogP contribution in [0, 0.1) is 3.57 Å². The summed E-state index contributed by atoms with van der Waals surface area (Å²) >= 11 is 2.24. The largest absolute Gasteiger partial charge is 0.378 e. The van der Waals surface area contributed by atoms with E-state index in [1.54, 1.807) is 7.11 Å². The van der Waals surface area contributed by atoms with E-state index in [1.165, 1.54) is 12.8 Å². The van der Waals surface area contributed by atoms with Crippen molar-refractivity contribution < 1.29 is 4.74 Å². The summed E-state index contributed by atoms with van der Waals surface area (Å²) in [5.74, 6) is 1.61. The van der Waals surface area contributed by atoms with Crippen molar-refractivity contribution in [3.05, 3.63) is 21.3 Å². The van der Waals surface area contributed by atoms with Crippen molar-refractivity contribution in [3.8, 4) is 0 Å². The van der Waals surface area contributed by atoms with Gasteiger partial charge >= 0.3 is 0 Å². The molecule has 0 N–H and O–H groups in total. The molecular formula is C9H11IN2O. The van der Waals surface area contributed by atoms with Gasteiger partial charge in [-0.3, -0.25) is 0 Å². The smallest absolute Gasteiger partial charge is 0.131 e. The van der Waals surface area contributed by atoms with Crippen molar-refractivity contribution in [2.24, 2.45) is 0 Å².